The van der Waals surface area contributed by atoms with Crippen molar-refractivity contribution in [3.8, 4) is 11.1 Å². The highest BCUT2D eigenvalue weighted by Gasteiger charge is 2.07. The summed E-state index contributed by atoms with van der Waals surface area (Å²) in [7, 11) is 1.38. The minimum Gasteiger partial charge on any atom is -0.465 e. The van der Waals surface area contributed by atoms with Crippen LogP contribution in [-0.2, 0) is 4.74 Å². The molecule has 2 rings (SSSR count). The van der Waals surface area contributed by atoms with Crippen LogP contribution < -0.4 is 0 Å². The summed E-state index contributed by atoms with van der Waals surface area (Å²) in [5, 5.41) is 0. The highest BCUT2D eigenvalue weighted by atomic mass is 32.1. The van der Waals surface area contributed by atoms with E-state index in [0.717, 1.165) is 21.6 Å². The molecule has 0 unspecified atom stereocenters. The second-order valence-corrected chi connectivity index (χ2v) is 4.56. The fraction of sp³-hybridized carbons (Fsp3) is 0.133. The monoisotopic (exact) mass is 258 g/mol. The zero-order valence-corrected chi connectivity index (χ0v) is 11.2. The van der Waals surface area contributed by atoms with Crippen LogP contribution in [0, 0.1) is 6.92 Å². The number of aryl methyl sites for hydroxylation is 1. The van der Waals surface area contributed by atoms with Crippen molar-refractivity contribution in [2.45, 2.75) is 11.8 Å². The zero-order chi connectivity index (χ0) is 13.1. The lowest BCUT2D eigenvalue weighted by Crippen LogP contribution is -2.00. The van der Waals surface area contributed by atoms with Gasteiger partial charge in [0.25, 0.3) is 0 Å². The van der Waals surface area contributed by atoms with Crippen LogP contribution in [0.15, 0.2) is 47.4 Å². The summed E-state index contributed by atoms with van der Waals surface area (Å²) < 4.78 is 4.72. The minimum absolute atomic E-state index is 0.320. The fourth-order valence-electron chi connectivity index (χ4n) is 1.78. The average Bonchev–Trinajstić information content (AvgIpc) is 2.41. The van der Waals surface area contributed by atoms with E-state index in [1.54, 1.807) is 6.07 Å². The normalized spacial score (nSPS) is 10.2. The van der Waals surface area contributed by atoms with Gasteiger partial charge in [-0.2, -0.15) is 0 Å². The Morgan fingerprint density at radius 2 is 1.83 bits per heavy atom. The van der Waals surface area contributed by atoms with Gasteiger partial charge in [0.1, 0.15) is 0 Å². The van der Waals surface area contributed by atoms with E-state index in [9.17, 15) is 4.79 Å². The van der Waals surface area contributed by atoms with Gasteiger partial charge in [-0.1, -0.05) is 24.3 Å². The quantitative estimate of drug-likeness (QED) is 0.656. The third-order valence-electron chi connectivity index (χ3n) is 2.81. The van der Waals surface area contributed by atoms with Crippen LogP contribution in [0.25, 0.3) is 11.1 Å². The molecular weight excluding hydrogens is 244 g/mol. The molecule has 0 spiro atoms. The predicted octanol–water partition coefficient (Wildman–Crippen LogP) is 3.74. The van der Waals surface area contributed by atoms with Crippen molar-refractivity contribution in [2.24, 2.45) is 0 Å². The summed E-state index contributed by atoms with van der Waals surface area (Å²) in [5.74, 6) is -0.320. The van der Waals surface area contributed by atoms with Gasteiger partial charge in [-0.25, -0.2) is 4.79 Å². The molecule has 0 N–H and O–H groups in total. The van der Waals surface area contributed by atoms with E-state index in [2.05, 4.69) is 18.7 Å². The van der Waals surface area contributed by atoms with Crippen LogP contribution >= 0.6 is 12.6 Å². The molecule has 0 amide bonds. The molecule has 0 aromatic heterocycles. The molecule has 0 aliphatic carbocycles. The third-order valence-corrected chi connectivity index (χ3v) is 3.32. The summed E-state index contributed by atoms with van der Waals surface area (Å²) in [6.07, 6.45) is 0. The predicted molar refractivity (Wildman–Crippen MR) is 75.2 cm³/mol. The first-order valence-electron chi connectivity index (χ1n) is 5.60. The van der Waals surface area contributed by atoms with Gasteiger partial charge in [-0.3, -0.25) is 0 Å². The van der Waals surface area contributed by atoms with Crippen molar-refractivity contribution in [1.29, 1.82) is 0 Å². The molecule has 0 aliphatic rings. The molecule has 0 saturated heterocycles. The van der Waals surface area contributed by atoms with Crippen LogP contribution in [0.5, 0.6) is 0 Å². The lowest BCUT2D eigenvalue weighted by Gasteiger charge is -2.06. The minimum atomic E-state index is -0.320. The van der Waals surface area contributed by atoms with Crippen LogP contribution in [0.4, 0.5) is 0 Å². The molecule has 2 aromatic rings. The molecular formula is C15H14O2S. The van der Waals surface area contributed by atoms with Gasteiger partial charge < -0.3 is 4.74 Å². The van der Waals surface area contributed by atoms with E-state index in [1.165, 1.54) is 7.11 Å². The third kappa shape index (κ3) is 2.57. The van der Waals surface area contributed by atoms with E-state index >= 15 is 0 Å². The van der Waals surface area contributed by atoms with Gasteiger partial charge in [0.2, 0.25) is 0 Å². The smallest absolute Gasteiger partial charge is 0.337 e. The van der Waals surface area contributed by atoms with Gasteiger partial charge in [-0.05, 0) is 41.8 Å². The number of hydrogen-bond donors (Lipinski definition) is 1. The molecule has 2 aromatic carbocycles. The van der Waals surface area contributed by atoms with Crippen LogP contribution in [-0.4, -0.2) is 13.1 Å². The number of thiol groups is 1. The summed E-state index contributed by atoms with van der Waals surface area (Å²) >= 11 is 4.35. The standard InChI is InChI=1S/C15H14O2S/c1-10-8-12(6-7-14(10)18)11-4-3-5-13(9-11)15(16)17-2/h3-9,18H,1-2H3. The first-order valence-corrected chi connectivity index (χ1v) is 6.05. The van der Waals surface area contributed by atoms with E-state index in [1.807, 2.05) is 37.3 Å². The maximum atomic E-state index is 11.5. The highest BCUT2D eigenvalue weighted by Crippen LogP contribution is 2.24. The molecule has 0 fully saturated rings. The Kier molecular flexibility index (Phi) is 3.72. The number of benzene rings is 2. The van der Waals surface area contributed by atoms with Crippen molar-refractivity contribution in [3.05, 3.63) is 53.6 Å². The molecule has 0 aliphatic heterocycles. The Bertz CT molecular complexity index is 591. The summed E-state index contributed by atoms with van der Waals surface area (Å²) in [4.78, 5) is 12.4. The zero-order valence-electron chi connectivity index (χ0n) is 10.3. The Morgan fingerprint density at radius 3 is 2.50 bits per heavy atom. The molecule has 92 valence electrons. The van der Waals surface area contributed by atoms with Gasteiger partial charge in [0.15, 0.2) is 0 Å². The van der Waals surface area contributed by atoms with Crippen LogP contribution in [0.1, 0.15) is 15.9 Å². The van der Waals surface area contributed by atoms with E-state index in [0.29, 0.717) is 5.56 Å². The number of carbonyl (C=O) groups is 1. The lowest BCUT2D eigenvalue weighted by atomic mass is 10.0. The number of hydrogen-bond acceptors (Lipinski definition) is 3. The fourth-order valence-corrected chi connectivity index (χ4v) is 1.92. The van der Waals surface area contributed by atoms with Gasteiger partial charge >= 0.3 is 5.97 Å². The molecule has 3 heteroatoms. The molecule has 0 bridgehead atoms. The first kappa shape index (κ1) is 12.7. The van der Waals surface area contributed by atoms with Gasteiger partial charge in [-0.15, -0.1) is 12.6 Å². The summed E-state index contributed by atoms with van der Waals surface area (Å²) in [5.41, 5.74) is 3.73. The Hall–Kier alpha value is -1.74. The van der Waals surface area contributed by atoms with Crippen molar-refractivity contribution < 1.29 is 9.53 Å². The Balaban J connectivity index is 2.44. The number of esters is 1. The number of rotatable bonds is 2. The lowest BCUT2D eigenvalue weighted by molar-refractivity contribution is 0.0601. The molecule has 18 heavy (non-hydrogen) atoms. The van der Waals surface area contributed by atoms with Gasteiger partial charge in [0, 0.05) is 4.90 Å². The SMILES string of the molecule is COC(=O)c1cccc(-c2ccc(S)c(C)c2)c1. The van der Waals surface area contributed by atoms with Crippen molar-refractivity contribution in [2.75, 3.05) is 7.11 Å². The van der Waals surface area contributed by atoms with E-state index in [4.69, 9.17) is 4.74 Å². The number of methoxy groups -OCH3 is 1. The topological polar surface area (TPSA) is 26.3 Å². The van der Waals surface area contributed by atoms with Crippen LogP contribution in [0.3, 0.4) is 0 Å². The van der Waals surface area contributed by atoms with Crippen molar-refractivity contribution in [3.63, 3.8) is 0 Å². The maximum Gasteiger partial charge on any atom is 0.337 e. The Labute approximate surface area is 112 Å². The highest BCUT2D eigenvalue weighted by molar-refractivity contribution is 7.80. The molecule has 0 heterocycles. The van der Waals surface area contributed by atoms with Crippen molar-refractivity contribution >= 4 is 18.6 Å². The maximum absolute atomic E-state index is 11.5. The largest absolute Gasteiger partial charge is 0.465 e. The summed E-state index contributed by atoms with van der Waals surface area (Å²) in [6, 6.07) is 13.4. The second kappa shape index (κ2) is 5.27. The van der Waals surface area contributed by atoms with E-state index in [-0.39, 0.29) is 5.97 Å². The second-order valence-electron chi connectivity index (χ2n) is 4.07. The molecule has 0 saturated carbocycles. The van der Waals surface area contributed by atoms with E-state index < -0.39 is 0 Å². The Morgan fingerprint density at radius 1 is 1.11 bits per heavy atom. The van der Waals surface area contributed by atoms with Crippen molar-refractivity contribution in [1.82, 2.24) is 0 Å². The average molecular weight is 258 g/mol. The molecule has 2 nitrogen and oxygen atoms in total. The van der Waals surface area contributed by atoms with Gasteiger partial charge in [0.05, 0.1) is 12.7 Å². The van der Waals surface area contributed by atoms with Crippen LogP contribution in [0.2, 0.25) is 0 Å². The summed E-state index contributed by atoms with van der Waals surface area (Å²) in [6.45, 7) is 2.01. The first-order chi connectivity index (χ1) is 8.61. The molecule has 0 atom stereocenters. The molecule has 0 radical (unpaired) electrons. The number of carbonyl (C=O) groups excluding carboxylic acids is 1. The number of ether oxygens (including phenoxy) is 1.